The molecule has 196 valence electrons. The van der Waals surface area contributed by atoms with Crippen LogP contribution in [0.15, 0.2) is 36.7 Å². The molecule has 0 aliphatic heterocycles. The Hall–Kier alpha value is -2.23. The first-order valence-corrected chi connectivity index (χ1v) is 14.8. The van der Waals surface area contributed by atoms with Crippen molar-refractivity contribution in [1.29, 1.82) is 0 Å². The van der Waals surface area contributed by atoms with Crippen LogP contribution in [0.3, 0.4) is 0 Å². The van der Waals surface area contributed by atoms with Crippen LogP contribution >= 0.6 is 0 Å². The number of rotatable bonds is 11. The lowest BCUT2D eigenvalue weighted by atomic mass is 9.78. The second kappa shape index (κ2) is 13.9. The van der Waals surface area contributed by atoms with Crippen LogP contribution in [0.2, 0.25) is 0 Å². The number of carbonyl (C=O) groups is 1. The maximum absolute atomic E-state index is 12.7. The van der Waals surface area contributed by atoms with E-state index in [0.29, 0.717) is 11.7 Å². The average molecular weight is 491 g/mol. The topological polar surface area (TPSA) is 52.1 Å². The summed E-state index contributed by atoms with van der Waals surface area (Å²) in [7, 11) is 0. The first-order valence-electron chi connectivity index (χ1n) is 14.8. The molecule has 0 spiro atoms. The molecular weight excluding hydrogens is 444 g/mol. The molecular formula is C32H46N2O2. The van der Waals surface area contributed by atoms with Gasteiger partial charge in [-0.25, -0.2) is 9.97 Å². The minimum Gasteiger partial charge on any atom is -0.426 e. The molecule has 4 rings (SSSR count). The summed E-state index contributed by atoms with van der Waals surface area (Å²) in [5.74, 6) is 3.62. The van der Waals surface area contributed by atoms with Crippen molar-refractivity contribution < 1.29 is 9.53 Å². The summed E-state index contributed by atoms with van der Waals surface area (Å²) in [6.45, 7) is 4.57. The minimum absolute atomic E-state index is 0.0456. The van der Waals surface area contributed by atoms with E-state index in [2.05, 4.69) is 23.8 Å². The van der Waals surface area contributed by atoms with Crippen LogP contribution < -0.4 is 4.74 Å². The van der Waals surface area contributed by atoms with Crippen molar-refractivity contribution in [2.75, 3.05) is 0 Å². The average Bonchev–Trinajstić information content (AvgIpc) is 2.94. The van der Waals surface area contributed by atoms with E-state index in [4.69, 9.17) is 4.74 Å². The third kappa shape index (κ3) is 7.63. The number of nitrogens with zero attached hydrogens (tertiary/aromatic N) is 2. The number of unbranched alkanes of at least 4 members (excludes halogenated alkanes) is 4. The van der Waals surface area contributed by atoms with Gasteiger partial charge in [-0.1, -0.05) is 58.8 Å². The number of aromatic nitrogens is 2. The lowest BCUT2D eigenvalue weighted by Crippen LogP contribution is -2.25. The van der Waals surface area contributed by atoms with Gasteiger partial charge in [-0.15, -0.1) is 0 Å². The molecule has 1 aromatic carbocycles. The SMILES string of the molecule is CCCCCCCC1CCC(C(=O)Oc2ccc(-c3ncc(C4CCC(CC)CC4)cn3)cc2)CC1. The molecule has 2 saturated carbocycles. The molecule has 4 heteroatoms. The van der Waals surface area contributed by atoms with Gasteiger partial charge in [-0.3, -0.25) is 4.79 Å². The molecule has 36 heavy (non-hydrogen) atoms. The minimum atomic E-state index is -0.0671. The van der Waals surface area contributed by atoms with Crippen LogP contribution in [0.25, 0.3) is 11.4 Å². The summed E-state index contributed by atoms with van der Waals surface area (Å²) in [6, 6.07) is 7.66. The monoisotopic (exact) mass is 490 g/mol. The summed E-state index contributed by atoms with van der Waals surface area (Å²) in [5, 5.41) is 0. The summed E-state index contributed by atoms with van der Waals surface area (Å²) < 4.78 is 5.74. The van der Waals surface area contributed by atoms with Crippen molar-refractivity contribution in [3.63, 3.8) is 0 Å². The zero-order valence-electron chi connectivity index (χ0n) is 22.6. The van der Waals surface area contributed by atoms with Crippen LogP contribution in [0.1, 0.15) is 122 Å². The van der Waals surface area contributed by atoms with E-state index in [0.717, 1.165) is 36.1 Å². The second-order valence-corrected chi connectivity index (χ2v) is 11.3. The Morgan fingerprint density at radius 1 is 0.806 bits per heavy atom. The molecule has 1 aromatic heterocycles. The molecule has 2 aliphatic rings. The number of esters is 1. The third-order valence-electron chi connectivity index (χ3n) is 8.79. The molecule has 0 N–H and O–H groups in total. The van der Waals surface area contributed by atoms with E-state index in [1.54, 1.807) is 0 Å². The smallest absolute Gasteiger partial charge is 0.314 e. The van der Waals surface area contributed by atoms with E-state index in [9.17, 15) is 4.79 Å². The Morgan fingerprint density at radius 2 is 1.44 bits per heavy atom. The van der Waals surface area contributed by atoms with E-state index < -0.39 is 0 Å². The zero-order chi connectivity index (χ0) is 25.2. The van der Waals surface area contributed by atoms with Gasteiger partial charge in [0.05, 0.1) is 5.92 Å². The Balaban J connectivity index is 1.21. The molecule has 0 radical (unpaired) electrons. The summed E-state index contributed by atoms with van der Waals surface area (Å²) >= 11 is 0. The number of hydrogen-bond donors (Lipinski definition) is 0. The summed E-state index contributed by atoms with van der Waals surface area (Å²) in [4.78, 5) is 22.0. The predicted octanol–water partition coefficient (Wildman–Crippen LogP) is 8.90. The van der Waals surface area contributed by atoms with Gasteiger partial charge in [0, 0.05) is 18.0 Å². The molecule has 0 amide bonds. The molecule has 2 fully saturated rings. The van der Waals surface area contributed by atoms with E-state index in [1.807, 2.05) is 36.7 Å². The van der Waals surface area contributed by atoms with Crippen molar-refractivity contribution in [2.45, 2.75) is 116 Å². The number of ether oxygens (including phenoxy) is 1. The quantitative estimate of drug-likeness (QED) is 0.179. The maximum Gasteiger partial charge on any atom is 0.314 e. The predicted molar refractivity (Wildman–Crippen MR) is 147 cm³/mol. The fraction of sp³-hybridized carbons (Fsp3) is 0.656. The maximum atomic E-state index is 12.7. The molecule has 0 atom stereocenters. The van der Waals surface area contributed by atoms with Gasteiger partial charge in [-0.05, 0) is 98.9 Å². The molecule has 0 bridgehead atoms. The van der Waals surface area contributed by atoms with Gasteiger partial charge in [0.2, 0.25) is 0 Å². The standard InChI is InChI=1S/C32H46N2O2/c1-3-5-6-7-8-9-25-12-16-28(17-13-25)32(35)36-30-20-18-27(19-21-30)31-33-22-29(23-34-31)26-14-10-24(4-2)11-15-26/h18-26,28H,3-17H2,1-2H3. The first-order chi connectivity index (χ1) is 17.7. The Kier molecular flexibility index (Phi) is 10.4. The first kappa shape index (κ1) is 26.8. The highest BCUT2D eigenvalue weighted by molar-refractivity contribution is 5.75. The van der Waals surface area contributed by atoms with Crippen molar-refractivity contribution in [1.82, 2.24) is 9.97 Å². The van der Waals surface area contributed by atoms with Gasteiger partial charge < -0.3 is 4.74 Å². The Labute approximate surface area is 218 Å². The molecule has 0 unspecified atom stereocenters. The van der Waals surface area contributed by atoms with Gasteiger partial charge in [0.1, 0.15) is 5.75 Å². The fourth-order valence-electron chi connectivity index (χ4n) is 6.20. The van der Waals surface area contributed by atoms with Crippen LogP contribution in [0.4, 0.5) is 0 Å². The summed E-state index contributed by atoms with van der Waals surface area (Å²) in [6.07, 6.45) is 22.8. The van der Waals surface area contributed by atoms with Crippen LogP contribution in [0, 0.1) is 17.8 Å². The van der Waals surface area contributed by atoms with Crippen LogP contribution in [0.5, 0.6) is 5.75 Å². The highest BCUT2D eigenvalue weighted by Gasteiger charge is 2.27. The van der Waals surface area contributed by atoms with Crippen molar-refractivity contribution >= 4 is 5.97 Å². The van der Waals surface area contributed by atoms with Gasteiger partial charge in [0.15, 0.2) is 5.82 Å². The van der Waals surface area contributed by atoms with Crippen LogP contribution in [-0.2, 0) is 4.79 Å². The highest BCUT2D eigenvalue weighted by Crippen LogP contribution is 2.37. The Morgan fingerprint density at radius 3 is 2.08 bits per heavy atom. The number of benzene rings is 1. The second-order valence-electron chi connectivity index (χ2n) is 11.3. The van der Waals surface area contributed by atoms with E-state index >= 15 is 0 Å². The van der Waals surface area contributed by atoms with Crippen LogP contribution in [-0.4, -0.2) is 15.9 Å². The molecule has 0 saturated heterocycles. The largest absolute Gasteiger partial charge is 0.426 e. The lowest BCUT2D eigenvalue weighted by Gasteiger charge is -2.27. The third-order valence-corrected chi connectivity index (χ3v) is 8.79. The molecule has 2 aliphatic carbocycles. The number of carbonyl (C=O) groups excluding carboxylic acids is 1. The highest BCUT2D eigenvalue weighted by atomic mass is 16.5. The fourth-order valence-corrected chi connectivity index (χ4v) is 6.20. The van der Waals surface area contributed by atoms with Gasteiger partial charge in [0.25, 0.3) is 0 Å². The number of hydrogen-bond acceptors (Lipinski definition) is 4. The normalized spacial score (nSPS) is 24.4. The lowest BCUT2D eigenvalue weighted by molar-refractivity contribution is -0.140. The van der Waals surface area contributed by atoms with E-state index in [-0.39, 0.29) is 11.9 Å². The van der Waals surface area contributed by atoms with Gasteiger partial charge >= 0.3 is 5.97 Å². The molecule has 2 aromatic rings. The molecule has 4 nitrogen and oxygen atoms in total. The van der Waals surface area contributed by atoms with Crippen molar-refractivity contribution in [2.24, 2.45) is 17.8 Å². The zero-order valence-corrected chi connectivity index (χ0v) is 22.6. The van der Waals surface area contributed by atoms with Gasteiger partial charge in [-0.2, -0.15) is 0 Å². The summed E-state index contributed by atoms with van der Waals surface area (Å²) in [5.41, 5.74) is 2.22. The van der Waals surface area contributed by atoms with E-state index in [1.165, 1.54) is 89.0 Å². The molecule has 1 heterocycles. The van der Waals surface area contributed by atoms with Crippen molar-refractivity contribution in [3.8, 4) is 17.1 Å². The Bertz CT molecular complexity index is 908. The van der Waals surface area contributed by atoms with Crippen molar-refractivity contribution in [3.05, 3.63) is 42.2 Å².